The molecule has 0 aliphatic carbocycles. The molecule has 0 radical (unpaired) electrons. The van der Waals surface area contributed by atoms with Gasteiger partial charge in [0, 0.05) is 17.0 Å². The lowest BCUT2D eigenvalue weighted by atomic mass is 9.89. The number of fused-ring (bicyclic) bond motifs is 1. The highest BCUT2D eigenvalue weighted by molar-refractivity contribution is 6.30. The quantitative estimate of drug-likeness (QED) is 0.877. The maximum Gasteiger partial charge on any atom is 0.258 e. The fraction of sp³-hybridized carbons (Fsp3) is 0.350. The van der Waals surface area contributed by atoms with Crippen LogP contribution in [0.15, 0.2) is 42.5 Å². The van der Waals surface area contributed by atoms with Gasteiger partial charge in [0.25, 0.3) is 5.91 Å². The predicted molar refractivity (Wildman–Crippen MR) is 98.3 cm³/mol. The number of amides is 1. The molecular formula is C20H22ClNO3. The Balaban J connectivity index is 1.69. The number of benzene rings is 2. The van der Waals surface area contributed by atoms with E-state index in [2.05, 4.69) is 11.4 Å². The zero-order chi connectivity index (χ0) is 18.0. The van der Waals surface area contributed by atoms with E-state index in [1.54, 1.807) is 24.3 Å². The van der Waals surface area contributed by atoms with E-state index in [9.17, 15) is 4.79 Å². The first kappa shape index (κ1) is 17.6. The van der Waals surface area contributed by atoms with Crippen molar-refractivity contribution in [1.29, 1.82) is 0 Å². The minimum atomic E-state index is -0.339. The van der Waals surface area contributed by atoms with E-state index in [0.29, 0.717) is 17.2 Å². The van der Waals surface area contributed by atoms with Crippen molar-refractivity contribution in [2.24, 2.45) is 0 Å². The molecule has 1 unspecified atom stereocenters. The van der Waals surface area contributed by atoms with Gasteiger partial charge in [-0.05, 0) is 45.0 Å². The molecule has 0 saturated carbocycles. The summed E-state index contributed by atoms with van der Waals surface area (Å²) < 4.78 is 11.6. The van der Waals surface area contributed by atoms with Crippen molar-refractivity contribution in [2.45, 2.75) is 38.8 Å². The molecule has 1 heterocycles. The Hall–Kier alpha value is -2.20. The van der Waals surface area contributed by atoms with Crippen molar-refractivity contribution in [2.75, 3.05) is 6.61 Å². The van der Waals surface area contributed by atoms with E-state index >= 15 is 0 Å². The van der Waals surface area contributed by atoms with E-state index in [-0.39, 0.29) is 24.2 Å². The Kier molecular flexibility index (Phi) is 4.91. The molecule has 1 amide bonds. The number of rotatable bonds is 4. The molecule has 0 spiro atoms. The van der Waals surface area contributed by atoms with Gasteiger partial charge in [-0.15, -0.1) is 0 Å². The number of halogens is 1. The Morgan fingerprint density at radius 2 is 2.12 bits per heavy atom. The first-order chi connectivity index (χ1) is 11.8. The van der Waals surface area contributed by atoms with Gasteiger partial charge in [-0.25, -0.2) is 0 Å². The number of aryl methyl sites for hydroxylation is 1. The van der Waals surface area contributed by atoms with Crippen molar-refractivity contribution in [3.8, 4) is 11.5 Å². The van der Waals surface area contributed by atoms with Crippen LogP contribution in [0.2, 0.25) is 5.02 Å². The zero-order valence-electron chi connectivity index (χ0n) is 14.6. The summed E-state index contributed by atoms with van der Waals surface area (Å²) in [5, 5.41) is 3.64. The molecule has 1 atom stereocenters. The lowest BCUT2D eigenvalue weighted by molar-refractivity contribution is -0.124. The fourth-order valence-electron chi connectivity index (χ4n) is 3.04. The van der Waals surface area contributed by atoms with Crippen LogP contribution in [0.1, 0.15) is 37.4 Å². The van der Waals surface area contributed by atoms with E-state index in [1.165, 1.54) is 0 Å². The first-order valence-electron chi connectivity index (χ1n) is 8.30. The van der Waals surface area contributed by atoms with Crippen molar-refractivity contribution in [3.05, 3.63) is 58.6 Å². The fourth-order valence-corrected chi connectivity index (χ4v) is 3.22. The lowest BCUT2D eigenvalue weighted by Crippen LogP contribution is -2.42. The number of hydrogen-bond donors (Lipinski definition) is 1. The van der Waals surface area contributed by atoms with Gasteiger partial charge in [-0.3, -0.25) is 4.79 Å². The van der Waals surface area contributed by atoms with Crippen LogP contribution in [0.4, 0.5) is 0 Å². The molecule has 0 saturated heterocycles. The molecular weight excluding hydrogens is 338 g/mol. The normalized spacial score (nSPS) is 18.0. The number of hydrogen-bond acceptors (Lipinski definition) is 3. The van der Waals surface area contributed by atoms with E-state index < -0.39 is 0 Å². The van der Waals surface area contributed by atoms with Gasteiger partial charge in [0.15, 0.2) is 6.61 Å². The molecule has 0 fully saturated rings. The topological polar surface area (TPSA) is 47.6 Å². The summed E-state index contributed by atoms with van der Waals surface area (Å²) >= 11 is 5.92. The average Bonchev–Trinajstić information content (AvgIpc) is 2.53. The molecule has 2 aromatic carbocycles. The first-order valence-corrected chi connectivity index (χ1v) is 8.67. The van der Waals surface area contributed by atoms with Crippen LogP contribution in [0.5, 0.6) is 11.5 Å². The second-order valence-corrected chi connectivity index (χ2v) is 7.41. The van der Waals surface area contributed by atoms with Gasteiger partial charge in [0.05, 0.1) is 6.04 Å². The van der Waals surface area contributed by atoms with Crippen LogP contribution in [-0.4, -0.2) is 18.1 Å². The minimum absolute atomic E-state index is 0.0563. The summed E-state index contributed by atoms with van der Waals surface area (Å²) in [5.74, 6) is 1.23. The highest BCUT2D eigenvalue weighted by Gasteiger charge is 2.34. The van der Waals surface area contributed by atoms with E-state index in [0.717, 1.165) is 16.9 Å². The molecule has 5 heteroatoms. The maximum absolute atomic E-state index is 12.4. The maximum atomic E-state index is 12.4. The SMILES string of the molecule is Cc1ccc2c(c1)C(NC(=O)COc1cccc(Cl)c1)CC(C)(C)O2. The van der Waals surface area contributed by atoms with Crippen molar-refractivity contribution >= 4 is 17.5 Å². The zero-order valence-corrected chi connectivity index (χ0v) is 15.4. The van der Waals surface area contributed by atoms with E-state index in [4.69, 9.17) is 21.1 Å². The molecule has 1 N–H and O–H groups in total. The Morgan fingerprint density at radius 1 is 1.32 bits per heavy atom. The molecule has 1 aliphatic heterocycles. The summed E-state index contributed by atoms with van der Waals surface area (Å²) in [6, 6.07) is 12.9. The lowest BCUT2D eigenvalue weighted by Gasteiger charge is -2.38. The number of carbonyl (C=O) groups is 1. The van der Waals surface area contributed by atoms with Crippen LogP contribution in [0, 0.1) is 6.92 Å². The molecule has 2 aromatic rings. The van der Waals surface area contributed by atoms with Gasteiger partial charge < -0.3 is 14.8 Å². The minimum Gasteiger partial charge on any atom is -0.487 e. The van der Waals surface area contributed by atoms with Crippen LogP contribution in [0.25, 0.3) is 0 Å². The van der Waals surface area contributed by atoms with Gasteiger partial charge in [0.1, 0.15) is 17.1 Å². The second-order valence-electron chi connectivity index (χ2n) is 6.97. The standard InChI is InChI=1S/C20H22ClNO3/c1-13-7-8-18-16(9-13)17(11-20(2,3)25-18)22-19(23)12-24-15-6-4-5-14(21)10-15/h4-10,17H,11-12H2,1-3H3,(H,22,23). The number of nitrogens with one attached hydrogen (secondary N) is 1. The average molecular weight is 360 g/mol. The Bertz CT molecular complexity index is 788. The molecule has 0 bridgehead atoms. The van der Waals surface area contributed by atoms with Crippen molar-refractivity contribution in [1.82, 2.24) is 5.32 Å². The highest BCUT2D eigenvalue weighted by atomic mass is 35.5. The third kappa shape index (κ3) is 4.45. The largest absolute Gasteiger partial charge is 0.487 e. The summed E-state index contributed by atoms with van der Waals surface area (Å²) in [7, 11) is 0. The smallest absolute Gasteiger partial charge is 0.258 e. The van der Waals surface area contributed by atoms with Crippen molar-refractivity contribution < 1.29 is 14.3 Å². The molecule has 132 valence electrons. The van der Waals surface area contributed by atoms with Crippen LogP contribution in [0.3, 0.4) is 0 Å². The molecule has 1 aliphatic rings. The molecule has 3 rings (SSSR count). The Morgan fingerprint density at radius 3 is 2.88 bits per heavy atom. The van der Waals surface area contributed by atoms with Crippen LogP contribution < -0.4 is 14.8 Å². The predicted octanol–water partition coefficient (Wildman–Crippen LogP) is 4.45. The monoisotopic (exact) mass is 359 g/mol. The van der Waals surface area contributed by atoms with Gasteiger partial charge >= 0.3 is 0 Å². The summed E-state index contributed by atoms with van der Waals surface area (Å²) in [6.07, 6.45) is 0.701. The van der Waals surface area contributed by atoms with Gasteiger partial charge in [-0.2, -0.15) is 0 Å². The third-order valence-electron chi connectivity index (χ3n) is 4.12. The second kappa shape index (κ2) is 6.96. The molecule has 0 aromatic heterocycles. The highest BCUT2D eigenvalue weighted by Crippen LogP contribution is 2.39. The number of ether oxygens (including phenoxy) is 2. The van der Waals surface area contributed by atoms with Crippen LogP contribution >= 0.6 is 11.6 Å². The summed E-state index contributed by atoms with van der Waals surface area (Å²) in [4.78, 5) is 12.4. The van der Waals surface area contributed by atoms with Crippen molar-refractivity contribution in [3.63, 3.8) is 0 Å². The number of carbonyl (C=O) groups excluding carboxylic acids is 1. The summed E-state index contributed by atoms with van der Waals surface area (Å²) in [5.41, 5.74) is 1.81. The third-order valence-corrected chi connectivity index (χ3v) is 4.36. The van der Waals surface area contributed by atoms with Gasteiger partial charge in [-0.1, -0.05) is 35.4 Å². The Labute approximate surface area is 153 Å². The molecule has 25 heavy (non-hydrogen) atoms. The molecule has 4 nitrogen and oxygen atoms in total. The van der Waals surface area contributed by atoms with E-state index in [1.807, 2.05) is 32.9 Å². The van der Waals surface area contributed by atoms with Crippen LogP contribution in [-0.2, 0) is 4.79 Å². The van der Waals surface area contributed by atoms with Gasteiger partial charge in [0.2, 0.25) is 0 Å². The summed E-state index contributed by atoms with van der Waals surface area (Å²) in [6.45, 7) is 6.02.